The molecule has 0 aromatic heterocycles. The minimum absolute atomic E-state index is 0.0104. The molecule has 35 heavy (non-hydrogen) atoms. The molecule has 1 saturated heterocycles. The summed E-state index contributed by atoms with van der Waals surface area (Å²) in [6.07, 6.45) is 0.725. The molecule has 3 atom stereocenters. The highest BCUT2D eigenvalue weighted by Gasteiger charge is 2.43. The second kappa shape index (κ2) is 10.8. The molecule has 0 radical (unpaired) electrons. The van der Waals surface area contributed by atoms with E-state index >= 15 is 0 Å². The summed E-state index contributed by atoms with van der Waals surface area (Å²) in [5, 5.41) is 13.8. The van der Waals surface area contributed by atoms with Gasteiger partial charge in [0.2, 0.25) is 0 Å². The average molecular weight is 475 g/mol. The van der Waals surface area contributed by atoms with Gasteiger partial charge >= 0.3 is 0 Å². The van der Waals surface area contributed by atoms with E-state index in [4.69, 9.17) is 6.11 Å². The summed E-state index contributed by atoms with van der Waals surface area (Å²) in [5.74, 6) is 1.14. The fourth-order valence-electron chi connectivity index (χ4n) is 5.60. The summed E-state index contributed by atoms with van der Waals surface area (Å²) in [6, 6.07) is 28.0. The first-order valence-corrected chi connectivity index (χ1v) is 12.6. The summed E-state index contributed by atoms with van der Waals surface area (Å²) < 4.78 is 13.5. The third-order valence-corrected chi connectivity index (χ3v) is 7.45. The molecule has 0 spiro atoms. The van der Waals surface area contributed by atoms with E-state index in [0.717, 1.165) is 24.4 Å². The van der Waals surface area contributed by atoms with Crippen molar-refractivity contribution in [3.05, 3.63) is 95.6 Å². The summed E-state index contributed by atoms with van der Waals surface area (Å²) in [5.41, 5.74) is 4.76. The van der Waals surface area contributed by atoms with Crippen molar-refractivity contribution in [2.24, 2.45) is 5.92 Å². The SMILES string of the molecule is [3H]COc1ccc(C(C)(C)C)cc1N(C)C1C(CCO)CNC1C(c1ccccc1)c1ccccc1. The molecule has 3 aromatic carbocycles. The van der Waals surface area contributed by atoms with Crippen LogP contribution in [0.5, 0.6) is 5.75 Å². The van der Waals surface area contributed by atoms with E-state index in [1.165, 1.54) is 16.7 Å². The third kappa shape index (κ3) is 5.39. The van der Waals surface area contributed by atoms with Crippen LogP contribution in [-0.2, 0) is 5.41 Å². The van der Waals surface area contributed by atoms with Crippen LogP contribution < -0.4 is 15.0 Å². The van der Waals surface area contributed by atoms with Gasteiger partial charge in [0.15, 0.2) is 0 Å². The van der Waals surface area contributed by atoms with Crippen molar-refractivity contribution >= 4 is 5.69 Å². The van der Waals surface area contributed by atoms with Crippen LogP contribution in [0.3, 0.4) is 0 Å². The zero-order chi connectivity index (χ0) is 25.7. The number of anilines is 1. The summed E-state index contributed by atoms with van der Waals surface area (Å²) >= 11 is 0. The second-order valence-corrected chi connectivity index (χ2v) is 10.7. The maximum atomic E-state index is 9.95. The monoisotopic (exact) mass is 474 g/mol. The van der Waals surface area contributed by atoms with Gasteiger partial charge in [0.05, 0.1) is 14.1 Å². The number of nitrogens with one attached hydrogen (secondary N) is 1. The Balaban J connectivity index is 1.82. The van der Waals surface area contributed by atoms with Gasteiger partial charge < -0.3 is 20.1 Å². The molecule has 4 heteroatoms. The number of benzene rings is 3. The average Bonchev–Trinajstić information content (AvgIpc) is 3.28. The molecule has 0 aliphatic carbocycles. The van der Waals surface area contributed by atoms with Crippen molar-refractivity contribution in [2.75, 3.05) is 32.2 Å². The van der Waals surface area contributed by atoms with Crippen LogP contribution in [-0.4, -0.2) is 44.5 Å². The van der Waals surface area contributed by atoms with E-state index < -0.39 is 0 Å². The van der Waals surface area contributed by atoms with E-state index in [2.05, 4.69) is 111 Å². The fourth-order valence-corrected chi connectivity index (χ4v) is 5.60. The van der Waals surface area contributed by atoms with Crippen LogP contribution in [0.15, 0.2) is 78.9 Å². The summed E-state index contributed by atoms with van der Waals surface area (Å²) in [6.45, 7) is 7.64. The Labute approximate surface area is 212 Å². The van der Waals surface area contributed by atoms with E-state index in [-0.39, 0.29) is 43.0 Å². The van der Waals surface area contributed by atoms with Gasteiger partial charge in [-0.3, -0.25) is 0 Å². The molecular formula is C31H40N2O2. The maximum absolute atomic E-state index is 9.95. The number of hydrogen-bond donors (Lipinski definition) is 2. The van der Waals surface area contributed by atoms with Crippen LogP contribution in [0, 0.1) is 5.92 Å². The normalized spacial score (nSPS) is 20.6. The molecule has 4 rings (SSSR count). The van der Waals surface area contributed by atoms with Crippen LogP contribution in [0.4, 0.5) is 5.69 Å². The number of nitrogens with zero attached hydrogens (tertiary/aromatic N) is 1. The van der Waals surface area contributed by atoms with Crippen LogP contribution >= 0.6 is 0 Å². The van der Waals surface area contributed by atoms with Gasteiger partial charge in [0, 0.05) is 38.2 Å². The lowest BCUT2D eigenvalue weighted by Crippen LogP contribution is -2.48. The molecule has 0 bridgehead atoms. The highest BCUT2D eigenvalue weighted by molar-refractivity contribution is 5.62. The van der Waals surface area contributed by atoms with Crippen molar-refractivity contribution in [3.8, 4) is 5.75 Å². The highest BCUT2D eigenvalue weighted by atomic mass is 16.5. The van der Waals surface area contributed by atoms with Gasteiger partial charge in [0.25, 0.3) is 0 Å². The topological polar surface area (TPSA) is 44.7 Å². The predicted octanol–water partition coefficient (Wildman–Crippen LogP) is 5.60. The summed E-state index contributed by atoms with van der Waals surface area (Å²) in [4.78, 5) is 2.34. The standard InChI is InChI=1S/C31H40N2O2/c1-31(2,3)25-16-17-27(35-5)26(20-25)33(4)30-24(18-19-34)21-32-29(30)28(22-12-8-6-9-13-22)23-14-10-7-11-15-23/h6-17,20,24,28-30,32,34H,18-19,21H2,1-5H3/i5T. The van der Waals surface area contributed by atoms with E-state index in [0.29, 0.717) is 0 Å². The van der Waals surface area contributed by atoms with Crippen molar-refractivity contribution in [3.63, 3.8) is 0 Å². The van der Waals surface area contributed by atoms with E-state index in [1.807, 2.05) is 6.07 Å². The molecular weight excluding hydrogens is 432 g/mol. The summed E-state index contributed by atoms with van der Waals surface area (Å²) in [7, 11) is 2.01. The Kier molecular flexibility index (Phi) is 7.40. The smallest absolute Gasteiger partial charge is 0.142 e. The Morgan fingerprint density at radius 3 is 2.20 bits per heavy atom. The molecule has 3 aromatic rings. The third-order valence-electron chi connectivity index (χ3n) is 7.45. The Bertz CT molecular complexity index is 1060. The number of likely N-dealkylation sites (N-methyl/N-ethyl adjacent to an activating group) is 1. The largest absolute Gasteiger partial charge is 0.495 e. The Morgan fingerprint density at radius 1 is 1.03 bits per heavy atom. The van der Waals surface area contributed by atoms with Gasteiger partial charge in [-0.1, -0.05) is 87.5 Å². The molecule has 4 nitrogen and oxygen atoms in total. The lowest BCUT2D eigenvalue weighted by molar-refractivity contribution is 0.251. The Morgan fingerprint density at radius 2 is 1.66 bits per heavy atom. The molecule has 1 fully saturated rings. The first-order valence-electron chi connectivity index (χ1n) is 13.3. The van der Waals surface area contributed by atoms with Crippen LogP contribution in [0.1, 0.15) is 51.2 Å². The number of hydrogen-bond acceptors (Lipinski definition) is 4. The van der Waals surface area contributed by atoms with Gasteiger partial charge in [0.1, 0.15) is 5.75 Å². The van der Waals surface area contributed by atoms with Gasteiger partial charge in [-0.15, -0.1) is 0 Å². The Hall–Kier alpha value is -2.82. The van der Waals surface area contributed by atoms with Crippen LogP contribution in [0.25, 0.3) is 0 Å². The lowest BCUT2D eigenvalue weighted by atomic mass is 9.79. The van der Waals surface area contributed by atoms with E-state index in [1.54, 1.807) is 0 Å². The van der Waals surface area contributed by atoms with Gasteiger partial charge in [-0.2, -0.15) is 0 Å². The minimum Gasteiger partial charge on any atom is -0.495 e. The molecule has 3 unspecified atom stereocenters. The van der Waals surface area contributed by atoms with Gasteiger partial charge in [-0.05, 0) is 46.6 Å². The van der Waals surface area contributed by atoms with Crippen molar-refractivity contribution in [1.29, 1.82) is 0 Å². The van der Waals surface area contributed by atoms with E-state index in [9.17, 15) is 5.11 Å². The second-order valence-electron chi connectivity index (χ2n) is 10.7. The molecule has 186 valence electrons. The highest BCUT2D eigenvalue weighted by Crippen LogP contribution is 2.41. The molecule has 1 aliphatic heterocycles. The zero-order valence-electron chi connectivity index (χ0n) is 22.4. The minimum atomic E-state index is -0.126. The first kappa shape index (κ1) is 23.9. The number of ether oxygens (including phenoxy) is 1. The predicted molar refractivity (Wildman–Crippen MR) is 146 cm³/mol. The number of aliphatic hydroxyl groups is 1. The number of aliphatic hydroxyl groups excluding tert-OH is 1. The zero-order valence-corrected chi connectivity index (χ0v) is 21.4. The number of methoxy groups -OCH3 is 1. The molecule has 1 aliphatic rings. The first-order chi connectivity index (χ1) is 17.3. The van der Waals surface area contributed by atoms with Crippen molar-refractivity contribution in [1.82, 2.24) is 5.32 Å². The molecule has 0 saturated carbocycles. The van der Waals surface area contributed by atoms with Crippen molar-refractivity contribution < 1.29 is 11.2 Å². The molecule has 0 amide bonds. The van der Waals surface area contributed by atoms with Gasteiger partial charge in [-0.25, -0.2) is 0 Å². The molecule has 1 heterocycles. The van der Waals surface area contributed by atoms with Crippen LogP contribution in [0.2, 0.25) is 0 Å². The lowest BCUT2D eigenvalue weighted by Gasteiger charge is -2.39. The molecule has 2 N–H and O–H groups in total. The number of rotatable bonds is 8. The fraction of sp³-hybridized carbons (Fsp3) is 0.419. The van der Waals surface area contributed by atoms with Crippen molar-refractivity contribution in [2.45, 2.75) is 50.6 Å². The quantitative estimate of drug-likeness (QED) is 0.446. The maximum Gasteiger partial charge on any atom is 0.142 e.